The van der Waals surface area contributed by atoms with Crippen LogP contribution in [0.4, 0.5) is 0 Å². The Morgan fingerprint density at radius 1 is 1.54 bits per heavy atom. The van der Waals surface area contributed by atoms with Gasteiger partial charge in [-0.1, -0.05) is 6.92 Å². The van der Waals surface area contributed by atoms with Crippen LogP contribution in [0.3, 0.4) is 0 Å². The maximum Gasteiger partial charge on any atom is 0.220 e. The second-order valence-corrected chi connectivity index (χ2v) is 2.78. The van der Waals surface area contributed by atoms with Gasteiger partial charge in [0.2, 0.25) is 5.91 Å². The quantitative estimate of drug-likeness (QED) is 0.747. The minimum Gasteiger partial charge on any atom is -0.350 e. The number of aromatic nitrogens is 2. The second-order valence-electron chi connectivity index (χ2n) is 2.78. The third kappa shape index (κ3) is 3.19. The summed E-state index contributed by atoms with van der Waals surface area (Å²) in [5, 5.41) is 2.75. The monoisotopic (exact) mass is 179 g/mol. The lowest BCUT2D eigenvalue weighted by Gasteiger charge is -2.02. The summed E-state index contributed by atoms with van der Waals surface area (Å²) in [7, 11) is 0. The molecule has 4 nitrogen and oxygen atoms in total. The number of nitrogens with one attached hydrogen (secondary N) is 1. The Hall–Kier alpha value is -1.45. The van der Waals surface area contributed by atoms with Crippen LogP contribution in [-0.4, -0.2) is 15.9 Å². The fraction of sp³-hybridized carbons (Fsp3) is 0.444. The Labute approximate surface area is 77.4 Å². The first-order chi connectivity index (χ1) is 6.22. The molecular formula is C9H13N3O. The summed E-state index contributed by atoms with van der Waals surface area (Å²) in [6.45, 7) is 4.20. The third-order valence-electron chi connectivity index (χ3n) is 1.65. The van der Waals surface area contributed by atoms with Gasteiger partial charge in [0.15, 0.2) is 0 Å². The van der Waals surface area contributed by atoms with Crippen LogP contribution in [0, 0.1) is 6.92 Å². The van der Waals surface area contributed by atoms with Crippen molar-refractivity contribution in [1.29, 1.82) is 0 Å². The Balaban J connectivity index is 2.50. The van der Waals surface area contributed by atoms with E-state index in [-0.39, 0.29) is 5.91 Å². The Kier molecular flexibility index (Phi) is 3.37. The van der Waals surface area contributed by atoms with Crippen molar-refractivity contribution in [3.05, 3.63) is 23.8 Å². The van der Waals surface area contributed by atoms with Crippen molar-refractivity contribution in [3.8, 4) is 0 Å². The largest absolute Gasteiger partial charge is 0.350 e. The fourth-order valence-corrected chi connectivity index (χ4v) is 0.921. The lowest BCUT2D eigenvalue weighted by Crippen LogP contribution is -2.22. The molecule has 0 atom stereocenters. The van der Waals surface area contributed by atoms with Crippen molar-refractivity contribution in [2.24, 2.45) is 0 Å². The molecule has 0 aliphatic rings. The summed E-state index contributed by atoms with van der Waals surface area (Å²) in [6, 6.07) is 1.86. The Morgan fingerprint density at radius 2 is 2.31 bits per heavy atom. The van der Waals surface area contributed by atoms with E-state index in [4.69, 9.17) is 0 Å². The van der Waals surface area contributed by atoms with Crippen molar-refractivity contribution >= 4 is 5.91 Å². The number of nitrogens with zero attached hydrogens (tertiary/aromatic N) is 2. The van der Waals surface area contributed by atoms with Gasteiger partial charge in [-0.15, -0.1) is 0 Å². The van der Waals surface area contributed by atoms with Gasteiger partial charge in [0.25, 0.3) is 0 Å². The van der Waals surface area contributed by atoms with Crippen molar-refractivity contribution in [2.45, 2.75) is 26.8 Å². The summed E-state index contributed by atoms with van der Waals surface area (Å²) in [6.07, 6.45) is 2.01. The molecule has 70 valence electrons. The van der Waals surface area contributed by atoms with Crippen LogP contribution in [0.5, 0.6) is 0 Å². The minimum absolute atomic E-state index is 0.0382. The van der Waals surface area contributed by atoms with Crippen molar-refractivity contribution in [3.63, 3.8) is 0 Å². The molecule has 1 aromatic rings. The third-order valence-corrected chi connectivity index (χ3v) is 1.65. The van der Waals surface area contributed by atoms with Gasteiger partial charge in [-0.25, -0.2) is 9.97 Å². The molecule has 1 aromatic heterocycles. The molecule has 13 heavy (non-hydrogen) atoms. The normalized spacial score (nSPS) is 9.69. The van der Waals surface area contributed by atoms with Crippen LogP contribution >= 0.6 is 0 Å². The zero-order valence-electron chi connectivity index (χ0n) is 7.87. The minimum atomic E-state index is 0.0382. The highest BCUT2D eigenvalue weighted by molar-refractivity contribution is 5.75. The number of hydrogen-bond acceptors (Lipinski definition) is 3. The highest BCUT2D eigenvalue weighted by atomic mass is 16.1. The van der Waals surface area contributed by atoms with Crippen LogP contribution < -0.4 is 5.32 Å². The van der Waals surface area contributed by atoms with E-state index in [0.717, 1.165) is 11.4 Å². The molecule has 0 aliphatic carbocycles. The van der Waals surface area contributed by atoms with Crippen LogP contribution in [-0.2, 0) is 11.3 Å². The van der Waals surface area contributed by atoms with Crippen LogP contribution in [0.25, 0.3) is 0 Å². The number of carbonyl (C=O) groups is 1. The van der Waals surface area contributed by atoms with Crippen molar-refractivity contribution in [1.82, 2.24) is 15.3 Å². The number of rotatable bonds is 3. The molecule has 0 saturated carbocycles. The molecule has 0 radical (unpaired) electrons. The molecule has 0 bridgehead atoms. The topological polar surface area (TPSA) is 54.9 Å². The van der Waals surface area contributed by atoms with Crippen LogP contribution in [0.15, 0.2) is 12.4 Å². The van der Waals surface area contributed by atoms with Gasteiger partial charge in [-0.3, -0.25) is 4.79 Å². The summed E-state index contributed by atoms with van der Waals surface area (Å²) in [4.78, 5) is 18.9. The molecule has 0 fully saturated rings. The van der Waals surface area contributed by atoms with E-state index >= 15 is 0 Å². The molecule has 1 amide bonds. The Bertz CT molecular complexity index is 299. The van der Waals surface area contributed by atoms with Gasteiger partial charge in [0.1, 0.15) is 6.33 Å². The van der Waals surface area contributed by atoms with Gasteiger partial charge in [0.05, 0.1) is 12.2 Å². The smallest absolute Gasteiger partial charge is 0.220 e. The van der Waals surface area contributed by atoms with Crippen LogP contribution in [0.2, 0.25) is 0 Å². The summed E-state index contributed by atoms with van der Waals surface area (Å²) in [5.41, 5.74) is 1.75. The number of amides is 1. The molecule has 0 saturated heterocycles. The molecule has 1 N–H and O–H groups in total. The zero-order chi connectivity index (χ0) is 9.68. The molecule has 4 heteroatoms. The maximum atomic E-state index is 10.9. The zero-order valence-corrected chi connectivity index (χ0v) is 7.87. The van der Waals surface area contributed by atoms with E-state index in [0.29, 0.717) is 13.0 Å². The first kappa shape index (κ1) is 9.64. The molecule has 1 heterocycles. The fourth-order valence-electron chi connectivity index (χ4n) is 0.921. The molecule has 0 aliphatic heterocycles. The molecule has 0 aromatic carbocycles. The SMILES string of the molecule is CCC(=O)NCc1cc(C)ncn1. The van der Waals surface area contributed by atoms with E-state index in [2.05, 4.69) is 15.3 Å². The molecule has 1 rings (SSSR count). The average Bonchev–Trinajstić information content (AvgIpc) is 2.14. The highest BCUT2D eigenvalue weighted by Gasteiger charge is 1.98. The molecule has 0 unspecified atom stereocenters. The summed E-state index contributed by atoms with van der Waals surface area (Å²) < 4.78 is 0. The maximum absolute atomic E-state index is 10.9. The number of carbonyl (C=O) groups excluding carboxylic acids is 1. The first-order valence-electron chi connectivity index (χ1n) is 4.26. The summed E-state index contributed by atoms with van der Waals surface area (Å²) in [5.74, 6) is 0.0382. The van der Waals surface area contributed by atoms with Gasteiger partial charge in [0, 0.05) is 12.1 Å². The lowest BCUT2D eigenvalue weighted by molar-refractivity contribution is -0.120. The standard InChI is InChI=1S/C9H13N3O/c1-3-9(13)10-5-8-4-7(2)11-6-12-8/h4,6H,3,5H2,1-2H3,(H,10,13). The van der Waals surface area contributed by atoms with Gasteiger partial charge < -0.3 is 5.32 Å². The van der Waals surface area contributed by atoms with Crippen molar-refractivity contribution < 1.29 is 4.79 Å². The number of hydrogen-bond donors (Lipinski definition) is 1. The summed E-state index contributed by atoms with van der Waals surface area (Å²) >= 11 is 0. The van der Waals surface area contributed by atoms with Gasteiger partial charge in [-0.05, 0) is 13.0 Å². The van der Waals surface area contributed by atoms with E-state index in [1.54, 1.807) is 0 Å². The van der Waals surface area contributed by atoms with Gasteiger partial charge >= 0.3 is 0 Å². The van der Waals surface area contributed by atoms with Gasteiger partial charge in [-0.2, -0.15) is 0 Å². The lowest BCUT2D eigenvalue weighted by atomic mass is 10.3. The van der Waals surface area contributed by atoms with Crippen molar-refractivity contribution in [2.75, 3.05) is 0 Å². The first-order valence-corrected chi connectivity index (χ1v) is 4.26. The molecular weight excluding hydrogens is 166 g/mol. The predicted molar refractivity (Wildman–Crippen MR) is 48.9 cm³/mol. The van der Waals surface area contributed by atoms with Crippen LogP contribution in [0.1, 0.15) is 24.7 Å². The molecule has 0 spiro atoms. The van der Waals surface area contributed by atoms with E-state index < -0.39 is 0 Å². The number of aryl methyl sites for hydroxylation is 1. The average molecular weight is 179 g/mol. The van der Waals surface area contributed by atoms with E-state index in [1.807, 2.05) is 19.9 Å². The Morgan fingerprint density at radius 3 is 2.92 bits per heavy atom. The second kappa shape index (κ2) is 4.54. The van der Waals surface area contributed by atoms with E-state index in [9.17, 15) is 4.79 Å². The van der Waals surface area contributed by atoms with E-state index in [1.165, 1.54) is 6.33 Å². The predicted octanol–water partition coefficient (Wildman–Crippen LogP) is 0.811. The highest BCUT2D eigenvalue weighted by Crippen LogP contribution is 1.95.